The molecule has 0 aliphatic rings. The monoisotopic (exact) mass is 126 g/mol. The van der Waals surface area contributed by atoms with Crippen molar-refractivity contribution in [3.8, 4) is 11.5 Å². The molecule has 0 aromatic carbocycles. The summed E-state index contributed by atoms with van der Waals surface area (Å²) in [6, 6.07) is 0. The lowest BCUT2D eigenvalue weighted by Crippen LogP contribution is -2.04. The van der Waals surface area contributed by atoms with Crippen LogP contribution in [0.2, 0.25) is 0 Å². The fraction of sp³-hybridized carbons (Fsp3) is 0.714. The third kappa shape index (κ3) is 2.87. The molecule has 8 heavy (non-hydrogen) atoms. The Morgan fingerprint density at radius 2 is 2.00 bits per heavy atom. The van der Waals surface area contributed by atoms with Crippen LogP contribution in [0, 0.1) is 16.9 Å². The predicted octanol–water partition coefficient (Wildman–Crippen LogP) is 0.749. The summed E-state index contributed by atoms with van der Waals surface area (Å²) in [5, 5.41) is 0. The fourth-order valence-corrected chi connectivity index (χ4v) is 1.10. The van der Waals surface area contributed by atoms with Gasteiger partial charge in [0.2, 0.25) is 0 Å². The van der Waals surface area contributed by atoms with Crippen molar-refractivity contribution in [1.82, 2.24) is 0 Å². The Labute approximate surface area is 55.1 Å². The molecule has 0 unspecified atom stereocenters. The van der Waals surface area contributed by atoms with Crippen molar-refractivity contribution in [2.75, 3.05) is 0 Å². The number of rotatable bonds is 1. The first-order chi connectivity index (χ1) is 3.62. The summed E-state index contributed by atoms with van der Waals surface area (Å²) < 4.78 is 0. The molecule has 1 heteroatoms. The highest BCUT2D eigenvalue weighted by Gasteiger charge is 2.08. The zero-order chi connectivity index (χ0) is 6.62. The molecule has 0 bridgehead atoms. The van der Waals surface area contributed by atoms with Crippen LogP contribution in [0.3, 0.4) is 0 Å². The summed E-state index contributed by atoms with van der Waals surface area (Å²) in [6.45, 7) is 6.53. The van der Waals surface area contributed by atoms with Gasteiger partial charge in [-0.1, -0.05) is 6.92 Å². The quantitative estimate of drug-likeness (QED) is 0.359. The molecule has 0 spiro atoms. The Hall–Kier alpha value is -0.223. The van der Waals surface area contributed by atoms with E-state index in [-0.39, 0.29) is 5.41 Å². The first-order valence-corrected chi connectivity index (χ1v) is 4.06. The van der Waals surface area contributed by atoms with E-state index in [2.05, 4.69) is 32.2 Å². The van der Waals surface area contributed by atoms with Crippen LogP contribution in [0.15, 0.2) is 0 Å². The van der Waals surface area contributed by atoms with Gasteiger partial charge in [0.1, 0.15) is 0 Å². The number of hydrogen-bond acceptors (Lipinski definition) is 0. The van der Waals surface area contributed by atoms with E-state index >= 15 is 0 Å². The van der Waals surface area contributed by atoms with E-state index in [0.29, 0.717) is 0 Å². The van der Waals surface area contributed by atoms with Gasteiger partial charge in [-0.15, -0.1) is 11.5 Å². The van der Waals surface area contributed by atoms with E-state index in [0.717, 1.165) is 16.7 Å². The average molecular weight is 126 g/mol. The molecule has 0 nitrogen and oxygen atoms in total. The molecule has 0 saturated heterocycles. The third-order valence-electron chi connectivity index (χ3n) is 1.35. The molecule has 0 fully saturated rings. The molecule has 0 heterocycles. The topological polar surface area (TPSA) is 0 Å². The van der Waals surface area contributed by atoms with Gasteiger partial charge in [-0.25, -0.2) is 0 Å². The largest absolute Gasteiger partial charge is 0.143 e. The van der Waals surface area contributed by atoms with Gasteiger partial charge in [0.25, 0.3) is 0 Å². The molecule has 0 radical (unpaired) electrons. The molecule has 0 N–H and O–H groups in total. The van der Waals surface area contributed by atoms with Gasteiger partial charge >= 0.3 is 0 Å². The summed E-state index contributed by atoms with van der Waals surface area (Å²) >= 11 is 0. The highest BCUT2D eigenvalue weighted by molar-refractivity contribution is 6.22. The summed E-state index contributed by atoms with van der Waals surface area (Å²) in [7, 11) is 1.01. The summed E-state index contributed by atoms with van der Waals surface area (Å²) in [4.78, 5) is 0. The minimum atomic E-state index is 0.266. The molecule has 0 aromatic rings. The van der Waals surface area contributed by atoms with Gasteiger partial charge in [0, 0.05) is 5.41 Å². The van der Waals surface area contributed by atoms with E-state index in [1.54, 1.807) is 0 Å². The normalized spacial score (nSPS) is 10.4. The Morgan fingerprint density at radius 1 is 1.50 bits per heavy atom. The van der Waals surface area contributed by atoms with E-state index in [1.807, 2.05) is 0 Å². The second kappa shape index (κ2) is 2.94. The maximum absolute atomic E-state index is 3.18. The standard InChI is InChI=1S/C7H14Si/c1-4-7(2,3)5-6-8/h4H2,1-3,8H3. The lowest BCUT2D eigenvalue weighted by Gasteiger charge is -2.12. The Morgan fingerprint density at radius 3 is 2.12 bits per heavy atom. The molecule has 0 rings (SSSR count). The SMILES string of the molecule is CCC(C)(C)C#C[SiH3]. The molecule has 0 amide bonds. The van der Waals surface area contributed by atoms with E-state index in [1.165, 1.54) is 0 Å². The molecule has 0 aromatic heterocycles. The van der Waals surface area contributed by atoms with Crippen molar-refractivity contribution in [2.45, 2.75) is 27.2 Å². The van der Waals surface area contributed by atoms with Crippen molar-refractivity contribution < 1.29 is 0 Å². The van der Waals surface area contributed by atoms with E-state index < -0.39 is 0 Å². The Bertz CT molecular complexity index is 114. The van der Waals surface area contributed by atoms with E-state index in [9.17, 15) is 0 Å². The molecular formula is C7H14Si. The second-order valence-electron chi connectivity index (χ2n) is 2.61. The van der Waals surface area contributed by atoms with Crippen molar-refractivity contribution in [2.24, 2.45) is 5.41 Å². The van der Waals surface area contributed by atoms with Crippen LogP contribution in [0.4, 0.5) is 0 Å². The maximum atomic E-state index is 3.18. The van der Waals surface area contributed by atoms with Gasteiger partial charge in [-0.3, -0.25) is 0 Å². The van der Waals surface area contributed by atoms with Crippen LogP contribution in [-0.2, 0) is 0 Å². The maximum Gasteiger partial charge on any atom is 0.0906 e. The zero-order valence-corrected chi connectivity index (χ0v) is 8.21. The predicted molar refractivity (Wildman–Crippen MR) is 41.8 cm³/mol. The molecule has 0 saturated carbocycles. The van der Waals surface area contributed by atoms with Crippen LogP contribution < -0.4 is 0 Å². The van der Waals surface area contributed by atoms with Crippen LogP contribution >= 0.6 is 0 Å². The van der Waals surface area contributed by atoms with Crippen molar-refractivity contribution in [1.29, 1.82) is 0 Å². The Balaban J connectivity index is 3.85. The van der Waals surface area contributed by atoms with Crippen molar-refractivity contribution in [3.05, 3.63) is 0 Å². The molecule has 46 valence electrons. The van der Waals surface area contributed by atoms with Crippen molar-refractivity contribution >= 4 is 10.2 Å². The van der Waals surface area contributed by atoms with Gasteiger partial charge in [0.15, 0.2) is 0 Å². The second-order valence-corrected chi connectivity index (χ2v) is 3.11. The molecule has 0 aliphatic heterocycles. The summed E-state index contributed by atoms with van der Waals surface area (Å²) in [5.41, 5.74) is 3.31. The zero-order valence-electron chi connectivity index (χ0n) is 6.21. The van der Waals surface area contributed by atoms with Crippen LogP contribution in [0.1, 0.15) is 27.2 Å². The Kier molecular flexibility index (Phi) is 2.85. The van der Waals surface area contributed by atoms with Gasteiger partial charge in [0.05, 0.1) is 10.2 Å². The van der Waals surface area contributed by atoms with Crippen molar-refractivity contribution in [3.63, 3.8) is 0 Å². The van der Waals surface area contributed by atoms with Crippen LogP contribution in [0.25, 0.3) is 0 Å². The minimum Gasteiger partial charge on any atom is -0.143 e. The summed E-state index contributed by atoms with van der Waals surface area (Å²) in [5.74, 6) is 3.18. The lowest BCUT2D eigenvalue weighted by atomic mass is 9.92. The highest BCUT2D eigenvalue weighted by atomic mass is 28.1. The van der Waals surface area contributed by atoms with Crippen LogP contribution in [0.5, 0.6) is 0 Å². The smallest absolute Gasteiger partial charge is 0.0906 e. The van der Waals surface area contributed by atoms with Crippen LogP contribution in [-0.4, -0.2) is 10.2 Å². The number of hydrogen-bond donors (Lipinski definition) is 0. The van der Waals surface area contributed by atoms with Gasteiger partial charge in [-0.05, 0) is 20.3 Å². The highest BCUT2D eigenvalue weighted by Crippen LogP contribution is 2.16. The lowest BCUT2D eigenvalue weighted by molar-refractivity contribution is 0.485. The first kappa shape index (κ1) is 7.78. The molecular weight excluding hydrogens is 112 g/mol. The van der Waals surface area contributed by atoms with Gasteiger partial charge < -0.3 is 0 Å². The third-order valence-corrected chi connectivity index (χ3v) is 1.60. The molecule has 0 aliphatic carbocycles. The first-order valence-electron chi connectivity index (χ1n) is 3.06. The summed E-state index contributed by atoms with van der Waals surface area (Å²) in [6.07, 6.45) is 1.16. The minimum absolute atomic E-state index is 0.266. The fourth-order valence-electron chi connectivity index (χ4n) is 0.427. The average Bonchev–Trinajstić information content (AvgIpc) is 1.67. The van der Waals surface area contributed by atoms with E-state index in [4.69, 9.17) is 0 Å². The van der Waals surface area contributed by atoms with Gasteiger partial charge in [-0.2, -0.15) is 0 Å². The molecule has 0 atom stereocenters.